The molecule has 0 N–H and O–H groups in total. The number of allylic oxidation sites excluding steroid dienone is 1. The van der Waals surface area contributed by atoms with E-state index in [1.54, 1.807) is 0 Å². The molecule has 0 unspecified atom stereocenters. The highest BCUT2D eigenvalue weighted by Gasteiger charge is 2.40. The molecule has 2 atom stereocenters. The standard InChI is InChI=1S/C17H20O2/c1-17-10-14(13-5-3-2-4-6-13)7-8-16(18)9-15(17)11-19-12-17/h2-6,10,15H,7-9,11-12H2,1H3/b14-10+/t15-,17+/m1/s1. The maximum Gasteiger partial charge on any atom is 0.133 e. The highest BCUT2D eigenvalue weighted by Crippen LogP contribution is 2.42. The molecule has 0 radical (unpaired) electrons. The van der Waals surface area contributed by atoms with E-state index in [9.17, 15) is 4.79 Å². The van der Waals surface area contributed by atoms with E-state index in [0.717, 1.165) is 19.6 Å². The van der Waals surface area contributed by atoms with E-state index in [2.05, 4.69) is 37.3 Å². The first kappa shape index (κ1) is 12.6. The summed E-state index contributed by atoms with van der Waals surface area (Å²) in [6.45, 7) is 3.69. The van der Waals surface area contributed by atoms with Gasteiger partial charge in [-0.25, -0.2) is 0 Å². The fourth-order valence-electron chi connectivity index (χ4n) is 3.18. The number of fused-ring (bicyclic) bond motifs is 1. The largest absolute Gasteiger partial charge is 0.380 e. The molecule has 0 aromatic heterocycles. The predicted octanol–water partition coefficient (Wildman–Crippen LogP) is 3.48. The zero-order valence-corrected chi connectivity index (χ0v) is 11.4. The van der Waals surface area contributed by atoms with Gasteiger partial charge in [0, 0.05) is 24.2 Å². The van der Waals surface area contributed by atoms with Crippen molar-refractivity contribution in [2.75, 3.05) is 13.2 Å². The first-order chi connectivity index (χ1) is 9.17. The minimum absolute atomic E-state index is 0.0151. The molecule has 0 spiro atoms. The molecule has 0 saturated carbocycles. The summed E-state index contributed by atoms with van der Waals surface area (Å²) >= 11 is 0. The van der Waals surface area contributed by atoms with Crippen LogP contribution >= 0.6 is 0 Å². The number of carbonyl (C=O) groups excluding carboxylic acids is 1. The fourth-order valence-corrected chi connectivity index (χ4v) is 3.18. The van der Waals surface area contributed by atoms with Crippen molar-refractivity contribution in [3.63, 3.8) is 0 Å². The second kappa shape index (κ2) is 4.93. The maximum atomic E-state index is 12.0. The van der Waals surface area contributed by atoms with Gasteiger partial charge in [-0.1, -0.05) is 43.3 Å². The fraction of sp³-hybridized carbons (Fsp3) is 0.471. The molecular weight excluding hydrogens is 236 g/mol. The summed E-state index contributed by atoms with van der Waals surface area (Å²) < 4.78 is 5.64. The molecule has 2 nitrogen and oxygen atoms in total. The van der Waals surface area contributed by atoms with Crippen LogP contribution in [0.25, 0.3) is 5.57 Å². The lowest BCUT2D eigenvalue weighted by Gasteiger charge is -2.29. The van der Waals surface area contributed by atoms with Crippen LogP contribution in [0, 0.1) is 11.3 Å². The Hall–Kier alpha value is -1.41. The first-order valence-electron chi connectivity index (χ1n) is 7.04. The van der Waals surface area contributed by atoms with Crippen LogP contribution in [0.1, 0.15) is 31.7 Å². The minimum Gasteiger partial charge on any atom is -0.380 e. The third kappa shape index (κ3) is 2.50. The lowest BCUT2D eigenvalue weighted by molar-refractivity contribution is -0.120. The summed E-state index contributed by atoms with van der Waals surface area (Å²) in [6, 6.07) is 10.4. The zero-order chi connectivity index (χ0) is 13.3. The molecule has 3 rings (SSSR count). The molecule has 1 aliphatic carbocycles. The average molecular weight is 256 g/mol. The van der Waals surface area contributed by atoms with Gasteiger partial charge in [-0.15, -0.1) is 0 Å². The number of Topliss-reactive ketones (excluding diaryl/α,β-unsaturated/α-hetero) is 1. The quantitative estimate of drug-likeness (QED) is 0.769. The van der Waals surface area contributed by atoms with Gasteiger partial charge in [-0.3, -0.25) is 4.79 Å². The topological polar surface area (TPSA) is 26.3 Å². The molecule has 2 aliphatic rings. The minimum atomic E-state index is 0.0151. The highest BCUT2D eigenvalue weighted by molar-refractivity contribution is 5.82. The number of carbonyl (C=O) groups is 1. The molecule has 0 amide bonds. The van der Waals surface area contributed by atoms with Crippen LogP contribution < -0.4 is 0 Å². The maximum absolute atomic E-state index is 12.0. The van der Waals surface area contributed by atoms with Crippen LogP contribution in [0.15, 0.2) is 36.4 Å². The van der Waals surface area contributed by atoms with Crippen LogP contribution in [0.5, 0.6) is 0 Å². The molecule has 1 aromatic rings. The lowest BCUT2D eigenvalue weighted by atomic mass is 9.73. The monoisotopic (exact) mass is 256 g/mol. The van der Waals surface area contributed by atoms with E-state index in [1.807, 2.05) is 6.07 Å². The number of benzene rings is 1. The van der Waals surface area contributed by atoms with Gasteiger partial charge >= 0.3 is 0 Å². The Bertz CT molecular complexity index is 503. The normalized spacial score (nSPS) is 34.1. The van der Waals surface area contributed by atoms with Gasteiger partial charge in [-0.2, -0.15) is 0 Å². The van der Waals surface area contributed by atoms with Gasteiger partial charge in [0.2, 0.25) is 0 Å². The second-order valence-corrected chi connectivity index (χ2v) is 6.00. The zero-order valence-electron chi connectivity index (χ0n) is 11.4. The average Bonchev–Trinajstić information content (AvgIpc) is 2.75. The summed E-state index contributed by atoms with van der Waals surface area (Å²) in [7, 11) is 0. The van der Waals surface area contributed by atoms with Crippen LogP contribution in [-0.4, -0.2) is 19.0 Å². The molecule has 1 heterocycles. The van der Waals surface area contributed by atoms with Gasteiger partial charge in [-0.05, 0) is 17.6 Å². The van der Waals surface area contributed by atoms with Crippen LogP contribution in [-0.2, 0) is 9.53 Å². The molecule has 2 heteroatoms. The molecule has 19 heavy (non-hydrogen) atoms. The van der Waals surface area contributed by atoms with Crippen molar-refractivity contribution in [2.24, 2.45) is 11.3 Å². The van der Waals surface area contributed by atoms with Crippen molar-refractivity contribution < 1.29 is 9.53 Å². The number of ketones is 1. The molecule has 1 fully saturated rings. The molecule has 0 bridgehead atoms. The van der Waals surface area contributed by atoms with Gasteiger partial charge in [0.15, 0.2) is 0 Å². The van der Waals surface area contributed by atoms with Crippen LogP contribution in [0.3, 0.4) is 0 Å². The van der Waals surface area contributed by atoms with E-state index in [1.165, 1.54) is 11.1 Å². The highest BCUT2D eigenvalue weighted by atomic mass is 16.5. The molecule has 100 valence electrons. The molecule has 1 aliphatic heterocycles. The summed E-state index contributed by atoms with van der Waals surface area (Å²) in [5.41, 5.74) is 2.55. The number of hydrogen-bond donors (Lipinski definition) is 0. The van der Waals surface area contributed by atoms with Crippen molar-refractivity contribution >= 4 is 11.4 Å². The molecule has 1 aromatic carbocycles. The van der Waals surface area contributed by atoms with Crippen molar-refractivity contribution in [3.8, 4) is 0 Å². The SMILES string of the molecule is C[C@@]12/C=C(/c3ccccc3)CCC(=O)C[C@@H]1COC2. The van der Waals surface area contributed by atoms with Crippen molar-refractivity contribution in [1.82, 2.24) is 0 Å². The predicted molar refractivity (Wildman–Crippen MR) is 75.7 cm³/mol. The van der Waals surface area contributed by atoms with Crippen molar-refractivity contribution in [1.29, 1.82) is 0 Å². The Morgan fingerprint density at radius 1 is 1.21 bits per heavy atom. The van der Waals surface area contributed by atoms with Crippen molar-refractivity contribution in [3.05, 3.63) is 42.0 Å². The Kier molecular flexibility index (Phi) is 3.28. The summed E-state index contributed by atoms with van der Waals surface area (Å²) in [5.74, 6) is 0.724. The van der Waals surface area contributed by atoms with Crippen molar-refractivity contribution in [2.45, 2.75) is 26.2 Å². The Balaban J connectivity index is 2.00. The number of hydrogen-bond acceptors (Lipinski definition) is 2. The third-order valence-corrected chi connectivity index (χ3v) is 4.46. The van der Waals surface area contributed by atoms with Crippen LogP contribution in [0.4, 0.5) is 0 Å². The molecule has 1 saturated heterocycles. The van der Waals surface area contributed by atoms with Gasteiger partial charge in [0.1, 0.15) is 5.78 Å². The first-order valence-corrected chi connectivity index (χ1v) is 7.04. The summed E-state index contributed by atoms with van der Waals surface area (Å²) in [4.78, 5) is 12.0. The number of ether oxygens (including phenoxy) is 1. The lowest BCUT2D eigenvalue weighted by Crippen LogP contribution is -2.27. The summed E-state index contributed by atoms with van der Waals surface area (Å²) in [5, 5.41) is 0. The third-order valence-electron chi connectivity index (χ3n) is 4.46. The van der Waals surface area contributed by atoms with E-state index in [-0.39, 0.29) is 5.41 Å². The van der Waals surface area contributed by atoms with Gasteiger partial charge < -0.3 is 4.74 Å². The smallest absolute Gasteiger partial charge is 0.133 e. The molecular formula is C17H20O2. The van der Waals surface area contributed by atoms with Gasteiger partial charge in [0.05, 0.1) is 13.2 Å². The van der Waals surface area contributed by atoms with E-state index < -0.39 is 0 Å². The Morgan fingerprint density at radius 3 is 2.79 bits per heavy atom. The van der Waals surface area contributed by atoms with E-state index >= 15 is 0 Å². The number of rotatable bonds is 1. The van der Waals surface area contributed by atoms with E-state index in [0.29, 0.717) is 24.5 Å². The second-order valence-electron chi connectivity index (χ2n) is 6.00. The van der Waals surface area contributed by atoms with Crippen LogP contribution in [0.2, 0.25) is 0 Å². The Labute approximate surface area is 114 Å². The van der Waals surface area contributed by atoms with E-state index in [4.69, 9.17) is 4.74 Å². The summed E-state index contributed by atoms with van der Waals surface area (Å²) in [6.07, 6.45) is 4.56. The Morgan fingerprint density at radius 2 is 2.00 bits per heavy atom. The van der Waals surface area contributed by atoms with Gasteiger partial charge in [0.25, 0.3) is 0 Å².